The van der Waals surface area contributed by atoms with Crippen LogP contribution >= 0.6 is 0 Å². The van der Waals surface area contributed by atoms with E-state index < -0.39 is 0 Å². The van der Waals surface area contributed by atoms with Crippen LogP contribution in [0.15, 0.2) is 28.7 Å². The topological polar surface area (TPSA) is 59.5 Å². The van der Waals surface area contributed by atoms with Crippen molar-refractivity contribution in [2.75, 3.05) is 11.4 Å². The first-order chi connectivity index (χ1) is 10.8. The van der Waals surface area contributed by atoms with Crippen LogP contribution in [0, 0.1) is 6.92 Å². The monoisotopic (exact) mass is 297 g/mol. The van der Waals surface area contributed by atoms with Crippen LogP contribution in [-0.2, 0) is 6.42 Å². The van der Waals surface area contributed by atoms with Crippen LogP contribution in [0.3, 0.4) is 0 Å². The molecule has 4 heterocycles. The van der Waals surface area contributed by atoms with Gasteiger partial charge >= 0.3 is 0 Å². The van der Waals surface area contributed by atoms with Gasteiger partial charge in [0.2, 0.25) is 0 Å². The van der Waals surface area contributed by atoms with Gasteiger partial charge in [-0.3, -0.25) is 0 Å². The van der Waals surface area contributed by atoms with Gasteiger partial charge in [0, 0.05) is 13.0 Å². The smallest absolute Gasteiger partial charge is 0.178 e. The minimum Gasteiger partial charge on any atom is -0.464 e. The van der Waals surface area contributed by atoms with Gasteiger partial charge in [-0.2, -0.15) is 4.52 Å². The van der Waals surface area contributed by atoms with Crippen molar-refractivity contribution in [1.82, 2.24) is 19.8 Å². The maximum atomic E-state index is 5.96. The zero-order chi connectivity index (χ0) is 15.1. The van der Waals surface area contributed by atoms with Crippen molar-refractivity contribution in [2.24, 2.45) is 0 Å². The Bertz CT molecular complexity index is 806. The number of aromatic nitrogens is 4. The maximum absolute atomic E-state index is 5.96. The summed E-state index contributed by atoms with van der Waals surface area (Å²) in [5, 5.41) is 12.9. The van der Waals surface area contributed by atoms with Crippen LogP contribution < -0.4 is 4.90 Å². The van der Waals surface area contributed by atoms with Crippen molar-refractivity contribution >= 4 is 11.5 Å². The standard InChI is InChI=1S/C16H19N5O/c1-3-12-6-7-14(22-12)13-5-4-10-20(13)16-9-8-15-18-17-11(2)21(15)19-16/h6-9,13H,3-5,10H2,1-2H3/t13-/m1/s1. The Hall–Kier alpha value is -2.37. The van der Waals surface area contributed by atoms with E-state index in [0.717, 1.165) is 54.6 Å². The summed E-state index contributed by atoms with van der Waals surface area (Å²) >= 11 is 0. The van der Waals surface area contributed by atoms with Crippen LogP contribution in [0.4, 0.5) is 5.82 Å². The Kier molecular flexibility index (Phi) is 3.10. The van der Waals surface area contributed by atoms with Crippen molar-refractivity contribution in [3.8, 4) is 0 Å². The van der Waals surface area contributed by atoms with E-state index in [1.165, 1.54) is 0 Å². The summed E-state index contributed by atoms with van der Waals surface area (Å²) < 4.78 is 7.76. The van der Waals surface area contributed by atoms with Crippen LogP contribution in [0.25, 0.3) is 5.65 Å². The first kappa shape index (κ1) is 13.3. The van der Waals surface area contributed by atoms with Gasteiger partial charge in [0.05, 0.1) is 6.04 Å². The molecule has 114 valence electrons. The van der Waals surface area contributed by atoms with E-state index in [0.29, 0.717) is 0 Å². The molecule has 0 aliphatic carbocycles. The molecule has 0 N–H and O–H groups in total. The zero-order valence-corrected chi connectivity index (χ0v) is 12.9. The summed E-state index contributed by atoms with van der Waals surface area (Å²) in [6, 6.07) is 8.43. The second kappa shape index (κ2) is 5.12. The SMILES string of the molecule is CCc1ccc([C@H]2CCCN2c2ccc3nnc(C)n3n2)o1. The molecule has 6 nitrogen and oxygen atoms in total. The molecule has 3 aromatic heterocycles. The number of nitrogens with zero attached hydrogens (tertiary/aromatic N) is 5. The normalized spacial score (nSPS) is 18.5. The number of fused-ring (bicyclic) bond motifs is 1. The Morgan fingerprint density at radius 2 is 2.14 bits per heavy atom. The number of hydrogen-bond acceptors (Lipinski definition) is 5. The zero-order valence-electron chi connectivity index (χ0n) is 12.9. The molecular weight excluding hydrogens is 278 g/mol. The maximum Gasteiger partial charge on any atom is 0.178 e. The molecule has 1 aliphatic heterocycles. The first-order valence-electron chi connectivity index (χ1n) is 7.80. The summed E-state index contributed by atoms with van der Waals surface area (Å²) in [5.74, 6) is 3.84. The van der Waals surface area contributed by atoms with Gasteiger partial charge in [0.1, 0.15) is 17.3 Å². The van der Waals surface area contributed by atoms with Crippen molar-refractivity contribution in [1.29, 1.82) is 0 Å². The molecule has 1 saturated heterocycles. The van der Waals surface area contributed by atoms with E-state index in [2.05, 4.69) is 34.2 Å². The molecule has 0 saturated carbocycles. The third kappa shape index (κ3) is 2.06. The highest BCUT2D eigenvalue weighted by atomic mass is 16.3. The lowest BCUT2D eigenvalue weighted by atomic mass is 10.1. The summed E-state index contributed by atoms with van der Waals surface area (Å²) in [4.78, 5) is 2.32. The highest BCUT2D eigenvalue weighted by molar-refractivity contribution is 5.47. The van der Waals surface area contributed by atoms with Gasteiger partial charge in [-0.15, -0.1) is 15.3 Å². The molecule has 4 rings (SSSR count). The summed E-state index contributed by atoms with van der Waals surface area (Å²) in [5.41, 5.74) is 0.781. The number of furan rings is 1. The number of rotatable bonds is 3. The molecule has 22 heavy (non-hydrogen) atoms. The van der Waals surface area contributed by atoms with Gasteiger partial charge in [0.25, 0.3) is 0 Å². The fourth-order valence-corrected chi connectivity index (χ4v) is 3.14. The van der Waals surface area contributed by atoms with Crippen molar-refractivity contribution in [3.63, 3.8) is 0 Å². The van der Waals surface area contributed by atoms with Gasteiger partial charge < -0.3 is 9.32 Å². The van der Waals surface area contributed by atoms with Crippen LogP contribution in [0.1, 0.15) is 43.2 Å². The van der Waals surface area contributed by atoms with Gasteiger partial charge in [-0.25, -0.2) is 0 Å². The molecule has 3 aromatic rings. The van der Waals surface area contributed by atoms with Crippen LogP contribution in [-0.4, -0.2) is 26.4 Å². The molecule has 1 aliphatic rings. The number of aryl methyl sites for hydroxylation is 2. The Labute approximate surface area is 128 Å². The third-order valence-electron chi connectivity index (χ3n) is 4.31. The lowest BCUT2D eigenvalue weighted by Crippen LogP contribution is -2.24. The van der Waals surface area contributed by atoms with E-state index in [1.807, 2.05) is 19.1 Å². The molecule has 1 atom stereocenters. The third-order valence-corrected chi connectivity index (χ3v) is 4.31. The summed E-state index contributed by atoms with van der Waals surface area (Å²) in [6.45, 7) is 5.02. The molecule has 0 amide bonds. The minimum absolute atomic E-state index is 0.266. The van der Waals surface area contributed by atoms with Gasteiger partial charge in [-0.1, -0.05) is 6.92 Å². The minimum atomic E-state index is 0.266. The second-order valence-corrected chi connectivity index (χ2v) is 5.72. The van der Waals surface area contributed by atoms with Crippen LogP contribution in [0.5, 0.6) is 0 Å². The van der Waals surface area contributed by atoms with Crippen molar-refractivity contribution < 1.29 is 4.42 Å². The molecule has 1 fully saturated rings. The molecule has 0 bridgehead atoms. The molecule has 0 unspecified atom stereocenters. The van der Waals surface area contributed by atoms with Crippen molar-refractivity contribution in [3.05, 3.63) is 41.6 Å². The lowest BCUT2D eigenvalue weighted by Gasteiger charge is -2.24. The van der Waals surface area contributed by atoms with E-state index in [1.54, 1.807) is 4.52 Å². The van der Waals surface area contributed by atoms with E-state index in [4.69, 9.17) is 9.52 Å². The highest BCUT2D eigenvalue weighted by Gasteiger charge is 2.30. The summed E-state index contributed by atoms with van der Waals surface area (Å²) in [6.07, 6.45) is 3.17. The summed E-state index contributed by atoms with van der Waals surface area (Å²) in [7, 11) is 0. The fraction of sp³-hybridized carbons (Fsp3) is 0.438. The number of hydrogen-bond donors (Lipinski definition) is 0. The molecule has 0 aromatic carbocycles. The quantitative estimate of drug-likeness (QED) is 0.744. The predicted octanol–water partition coefficient (Wildman–Crippen LogP) is 2.93. The Morgan fingerprint density at radius 3 is 2.95 bits per heavy atom. The van der Waals surface area contributed by atoms with E-state index >= 15 is 0 Å². The highest BCUT2D eigenvalue weighted by Crippen LogP contribution is 2.36. The fourth-order valence-electron chi connectivity index (χ4n) is 3.14. The molecular formula is C16H19N5O. The van der Waals surface area contributed by atoms with Crippen LogP contribution in [0.2, 0.25) is 0 Å². The molecule has 0 spiro atoms. The molecule has 6 heteroatoms. The lowest BCUT2D eigenvalue weighted by molar-refractivity contribution is 0.434. The Balaban J connectivity index is 1.70. The van der Waals surface area contributed by atoms with Gasteiger partial charge in [-0.05, 0) is 44.0 Å². The molecule has 0 radical (unpaired) electrons. The predicted molar refractivity (Wildman–Crippen MR) is 82.9 cm³/mol. The second-order valence-electron chi connectivity index (χ2n) is 5.72. The van der Waals surface area contributed by atoms with E-state index in [9.17, 15) is 0 Å². The average molecular weight is 297 g/mol. The average Bonchev–Trinajstić information content (AvgIpc) is 3.25. The first-order valence-corrected chi connectivity index (χ1v) is 7.80. The Morgan fingerprint density at radius 1 is 1.23 bits per heavy atom. The van der Waals surface area contributed by atoms with Gasteiger partial charge in [0.15, 0.2) is 11.5 Å². The largest absolute Gasteiger partial charge is 0.464 e. The van der Waals surface area contributed by atoms with E-state index in [-0.39, 0.29) is 6.04 Å². The number of anilines is 1. The van der Waals surface area contributed by atoms with Crippen molar-refractivity contribution in [2.45, 2.75) is 39.2 Å².